The molecule has 2 heterocycles. The topological polar surface area (TPSA) is 73.6 Å². The van der Waals surface area contributed by atoms with Crippen molar-refractivity contribution in [3.8, 4) is 22.8 Å². The van der Waals surface area contributed by atoms with E-state index in [-0.39, 0.29) is 12.3 Å². The van der Waals surface area contributed by atoms with Gasteiger partial charge in [-0.15, -0.1) is 0 Å². The predicted octanol–water partition coefficient (Wildman–Crippen LogP) is 3.40. The van der Waals surface area contributed by atoms with Crippen LogP contribution < -0.4 is 14.8 Å². The van der Waals surface area contributed by atoms with E-state index in [0.29, 0.717) is 37.0 Å². The van der Waals surface area contributed by atoms with E-state index in [0.717, 1.165) is 24.2 Å². The van der Waals surface area contributed by atoms with Gasteiger partial charge in [-0.1, -0.05) is 35.5 Å². The highest BCUT2D eigenvalue weighted by Crippen LogP contribution is 2.34. The molecule has 0 saturated carbocycles. The Morgan fingerprint density at radius 1 is 1.00 bits per heavy atom. The average Bonchev–Trinajstić information content (AvgIpc) is 3.20. The fourth-order valence-corrected chi connectivity index (χ4v) is 3.12. The molecule has 3 aromatic rings. The number of fused-ring (bicyclic) bond motifs is 1. The van der Waals surface area contributed by atoms with Crippen LogP contribution in [-0.4, -0.2) is 30.8 Å². The highest BCUT2D eigenvalue weighted by molar-refractivity contribution is 5.78. The van der Waals surface area contributed by atoms with Crippen molar-refractivity contribution in [3.63, 3.8) is 0 Å². The Hall–Kier alpha value is -3.28. The van der Waals surface area contributed by atoms with Gasteiger partial charge < -0.3 is 19.3 Å². The second-order valence-electron chi connectivity index (χ2n) is 6.66. The molecule has 0 aliphatic carbocycles. The molecule has 0 atom stereocenters. The van der Waals surface area contributed by atoms with Gasteiger partial charge in [-0.05, 0) is 36.6 Å². The Kier molecular flexibility index (Phi) is 5.56. The van der Waals surface area contributed by atoms with Gasteiger partial charge in [0.1, 0.15) is 13.2 Å². The number of rotatable bonds is 7. The first-order valence-corrected chi connectivity index (χ1v) is 9.44. The first-order valence-electron chi connectivity index (χ1n) is 9.44. The monoisotopic (exact) mass is 378 g/mol. The lowest BCUT2D eigenvalue weighted by Crippen LogP contribution is -2.26. The Morgan fingerprint density at radius 2 is 1.82 bits per heavy atom. The van der Waals surface area contributed by atoms with Crippen molar-refractivity contribution in [3.05, 3.63) is 65.9 Å². The third-order valence-electron chi connectivity index (χ3n) is 4.53. The summed E-state index contributed by atoms with van der Waals surface area (Å²) < 4.78 is 16.5. The second-order valence-corrected chi connectivity index (χ2v) is 6.66. The van der Waals surface area contributed by atoms with Crippen LogP contribution in [0, 0.1) is 0 Å². The fraction of sp³-hybridized carbons (Fsp3) is 0.273. The molecule has 0 spiro atoms. The number of nitrogens with zero attached hydrogens (tertiary/aromatic N) is 1. The second kappa shape index (κ2) is 8.61. The maximum atomic E-state index is 12.1. The number of carbonyl (C=O) groups is 1. The lowest BCUT2D eigenvalue weighted by molar-refractivity contribution is -0.120. The molecule has 1 N–H and O–H groups in total. The Balaban J connectivity index is 1.28. The molecule has 1 amide bonds. The van der Waals surface area contributed by atoms with Crippen molar-refractivity contribution in [2.24, 2.45) is 0 Å². The average molecular weight is 378 g/mol. The largest absolute Gasteiger partial charge is 0.486 e. The number of aromatic nitrogens is 1. The molecule has 1 aromatic heterocycles. The van der Waals surface area contributed by atoms with Gasteiger partial charge in [0, 0.05) is 18.2 Å². The Bertz CT molecular complexity index is 937. The Labute approximate surface area is 163 Å². The first-order chi connectivity index (χ1) is 13.8. The van der Waals surface area contributed by atoms with Crippen molar-refractivity contribution in [1.29, 1.82) is 0 Å². The number of nitrogens with one attached hydrogen (secondary N) is 1. The van der Waals surface area contributed by atoms with E-state index >= 15 is 0 Å². The normalized spacial score (nSPS) is 12.6. The fourth-order valence-electron chi connectivity index (χ4n) is 3.12. The summed E-state index contributed by atoms with van der Waals surface area (Å²) in [5.41, 5.74) is 2.72. The van der Waals surface area contributed by atoms with Crippen LogP contribution in [0.1, 0.15) is 17.7 Å². The molecule has 0 bridgehead atoms. The summed E-state index contributed by atoms with van der Waals surface area (Å²) in [7, 11) is 0. The standard InChI is InChI=1S/C22H22N2O4/c25-22(23-10-4-7-16-5-2-1-3-6-16)15-18-14-20(28-24-18)17-8-9-19-21(13-17)27-12-11-26-19/h1-3,5-6,8-9,13-14H,4,7,10-12,15H2,(H,23,25). The van der Waals surface area contributed by atoms with Gasteiger partial charge in [0.25, 0.3) is 0 Å². The third-order valence-corrected chi connectivity index (χ3v) is 4.53. The molecule has 0 saturated heterocycles. The van der Waals surface area contributed by atoms with E-state index in [1.54, 1.807) is 6.07 Å². The van der Waals surface area contributed by atoms with E-state index in [1.807, 2.05) is 36.4 Å². The van der Waals surface area contributed by atoms with Crippen molar-refractivity contribution in [1.82, 2.24) is 10.5 Å². The molecule has 1 aliphatic heterocycles. The molecule has 28 heavy (non-hydrogen) atoms. The minimum atomic E-state index is -0.0601. The van der Waals surface area contributed by atoms with Crippen LogP contribution in [0.4, 0.5) is 0 Å². The molecular formula is C22H22N2O4. The van der Waals surface area contributed by atoms with Crippen LogP contribution in [0.25, 0.3) is 11.3 Å². The molecule has 4 rings (SSSR count). The minimum Gasteiger partial charge on any atom is -0.486 e. The number of hydrogen-bond donors (Lipinski definition) is 1. The van der Waals surface area contributed by atoms with Crippen LogP contribution in [0.15, 0.2) is 59.1 Å². The molecule has 6 heteroatoms. The van der Waals surface area contributed by atoms with Crippen molar-refractivity contribution >= 4 is 5.91 Å². The van der Waals surface area contributed by atoms with Gasteiger partial charge >= 0.3 is 0 Å². The van der Waals surface area contributed by atoms with E-state index in [4.69, 9.17) is 14.0 Å². The van der Waals surface area contributed by atoms with E-state index < -0.39 is 0 Å². The van der Waals surface area contributed by atoms with Gasteiger partial charge in [-0.25, -0.2) is 0 Å². The summed E-state index contributed by atoms with van der Waals surface area (Å²) in [6, 6.07) is 17.6. The summed E-state index contributed by atoms with van der Waals surface area (Å²) in [4.78, 5) is 12.1. The van der Waals surface area contributed by atoms with Crippen LogP contribution in [0.5, 0.6) is 11.5 Å². The highest BCUT2D eigenvalue weighted by atomic mass is 16.6. The molecule has 0 radical (unpaired) electrons. The number of carbonyl (C=O) groups excluding carboxylic acids is 1. The SMILES string of the molecule is O=C(Cc1cc(-c2ccc3c(c2)OCCO3)on1)NCCCc1ccccc1. The molecule has 144 valence electrons. The third kappa shape index (κ3) is 4.52. The number of aryl methyl sites for hydroxylation is 1. The van der Waals surface area contributed by atoms with Crippen molar-refractivity contribution < 1.29 is 18.8 Å². The van der Waals surface area contributed by atoms with E-state index in [2.05, 4.69) is 22.6 Å². The molecule has 0 fully saturated rings. The molecular weight excluding hydrogens is 356 g/mol. The van der Waals surface area contributed by atoms with Gasteiger partial charge in [0.05, 0.1) is 12.1 Å². The van der Waals surface area contributed by atoms with Crippen molar-refractivity contribution in [2.75, 3.05) is 19.8 Å². The Morgan fingerprint density at radius 3 is 2.68 bits per heavy atom. The molecule has 2 aromatic carbocycles. The van der Waals surface area contributed by atoms with E-state index in [1.165, 1.54) is 5.56 Å². The summed E-state index contributed by atoms with van der Waals surface area (Å²) >= 11 is 0. The summed E-state index contributed by atoms with van der Waals surface area (Å²) in [5.74, 6) is 1.96. The zero-order valence-electron chi connectivity index (χ0n) is 15.5. The molecule has 1 aliphatic rings. The van der Waals surface area contributed by atoms with Crippen LogP contribution >= 0.6 is 0 Å². The summed E-state index contributed by atoms with van der Waals surface area (Å²) in [6.07, 6.45) is 2.04. The minimum absolute atomic E-state index is 0.0601. The zero-order chi connectivity index (χ0) is 19.2. The number of hydrogen-bond acceptors (Lipinski definition) is 5. The van der Waals surface area contributed by atoms with Crippen LogP contribution in [0.3, 0.4) is 0 Å². The van der Waals surface area contributed by atoms with Gasteiger partial charge in [-0.2, -0.15) is 0 Å². The predicted molar refractivity (Wildman–Crippen MR) is 104 cm³/mol. The lowest BCUT2D eigenvalue weighted by Gasteiger charge is -2.18. The smallest absolute Gasteiger partial charge is 0.226 e. The maximum Gasteiger partial charge on any atom is 0.226 e. The van der Waals surface area contributed by atoms with Gasteiger partial charge in [0.2, 0.25) is 5.91 Å². The number of benzene rings is 2. The highest BCUT2D eigenvalue weighted by Gasteiger charge is 2.15. The first kappa shape index (κ1) is 18.1. The number of amides is 1. The van der Waals surface area contributed by atoms with Crippen LogP contribution in [-0.2, 0) is 17.6 Å². The lowest BCUT2D eigenvalue weighted by atomic mass is 10.1. The molecule has 6 nitrogen and oxygen atoms in total. The van der Waals surface area contributed by atoms with Gasteiger partial charge in [0.15, 0.2) is 17.3 Å². The molecule has 0 unspecified atom stereocenters. The summed E-state index contributed by atoms with van der Waals surface area (Å²) in [5, 5.41) is 6.95. The van der Waals surface area contributed by atoms with Crippen molar-refractivity contribution in [2.45, 2.75) is 19.3 Å². The number of ether oxygens (including phenoxy) is 2. The quantitative estimate of drug-likeness (QED) is 0.638. The van der Waals surface area contributed by atoms with Crippen LogP contribution in [0.2, 0.25) is 0 Å². The van der Waals surface area contributed by atoms with E-state index in [9.17, 15) is 4.79 Å². The zero-order valence-corrected chi connectivity index (χ0v) is 15.5. The maximum absolute atomic E-state index is 12.1. The van der Waals surface area contributed by atoms with Gasteiger partial charge in [-0.3, -0.25) is 4.79 Å². The summed E-state index contributed by atoms with van der Waals surface area (Å²) in [6.45, 7) is 1.72.